The van der Waals surface area contributed by atoms with Gasteiger partial charge in [0.05, 0.1) is 13.7 Å². The van der Waals surface area contributed by atoms with Gasteiger partial charge in [-0.3, -0.25) is 14.5 Å². The minimum absolute atomic E-state index is 0.0216. The van der Waals surface area contributed by atoms with Crippen LogP contribution in [0.1, 0.15) is 17.5 Å². The number of ether oxygens (including phenoxy) is 1. The maximum absolute atomic E-state index is 12.5. The van der Waals surface area contributed by atoms with E-state index in [-0.39, 0.29) is 11.8 Å². The highest BCUT2D eigenvalue weighted by molar-refractivity contribution is 5.92. The van der Waals surface area contributed by atoms with Crippen LogP contribution in [0.2, 0.25) is 0 Å². The van der Waals surface area contributed by atoms with E-state index < -0.39 is 0 Å². The number of nitrogens with zero attached hydrogens (tertiary/aromatic N) is 2. The Bertz CT molecular complexity index is 828. The Hall–Kier alpha value is -2.86. The average Bonchev–Trinajstić information content (AvgIpc) is 2.74. The quantitative estimate of drug-likeness (QED) is 0.783. The van der Waals surface area contributed by atoms with Crippen LogP contribution < -0.4 is 10.1 Å². The normalized spacial score (nSPS) is 14.5. The summed E-state index contributed by atoms with van der Waals surface area (Å²) in [7, 11) is 1.64. The maximum Gasteiger partial charge on any atom is 0.238 e. The van der Waals surface area contributed by atoms with E-state index in [2.05, 4.69) is 10.2 Å². The third kappa shape index (κ3) is 6.32. The molecular formula is C23H29N3O3. The van der Waals surface area contributed by atoms with Crippen LogP contribution in [0.3, 0.4) is 0 Å². The predicted octanol–water partition coefficient (Wildman–Crippen LogP) is 2.72. The van der Waals surface area contributed by atoms with Crippen molar-refractivity contribution in [2.75, 3.05) is 45.2 Å². The second-order valence-corrected chi connectivity index (χ2v) is 7.42. The van der Waals surface area contributed by atoms with Gasteiger partial charge in [0.15, 0.2) is 0 Å². The Kier molecular flexibility index (Phi) is 7.25. The lowest BCUT2D eigenvalue weighted by Crippen LogP contribution is -2.50. The lowest BCUT2D eigenvalue weighted by molar-refractivity contribution is -0.133. The molecule has 0 aliphatic carbocycles. The van der Waals surface area contributed by atoms with E-state index in [4.69, 9.17) is 4.74 Å². The number of methoxy groups -OCH3 is 1. The minimum atomic E-state index is -0.0216. The smallest absolute Gasteiger partial charge is 0.238 e. The van der Waals surface area contributed by atoms with Crippen molar-refractivity contribution in [3.05, 3.63) is 59.7 Å². The van der Waals surface area contributed by atoms with Gasteiger partial charge in [0, 0.05) is 38.3 Å². The SMILES string of the molecule is COc1cccc(CCC(=O)N2CCN(CC(=O)Nc3ccc(C)cc3)CC2)c1. The van der Waals surface area contributed by atoms with Gasteiger partial charge >= 0.3 is 0 Å². The van der Waals surface area contributed by atoms with Gasteiger partial charge in [-0.25, -0.2) is 0 Å². The molecule has 29 heavy (non-hydrogen) atoms. The van der Waals surface area contributed by atoms with E-state index in [0.717, 1.165) is 22.6 Å². The summed E-state index contributed by atoms with van der Waals surface area (Å²) in [5.74, 6) is 0.954. The Morgan fingerprint density at radius 3 is 2.45 bits per heavy atom. The number of carbonyl (C=O) groups excluding carboxylic acids is 2. The van der Waals surface area contributed by atoms with Crippen molar-refractivity contribution in [2.45, 2.75) is 19.8 Å². The highest BCUT2D eigenvalue weighted by atomic mass is 16.5. The van der Waals surface area contributed by atoms with Crippen LogP contribution in [0, 0.1) is 6.92 Å². The fraction of sp³-hybridized carbons (Fsp3) is 0.391. The van der Waals surface area contributed by atoms with Crippen molar-refractivity contribution >= 4 is 17.5 Å². The van der Waals surface area contributed by atoms with E-state index in [1.807, 2.05) is 60.4 Å². The van der Waals surface area contributed by atoms with Crippen LogP contribution in [-0.2, 0) is 16.0 Å². The highest BCUT2D eigenvalue weighted by Gasteiger charge is 2.22. The molecule has 0 spiro atoms. The van der Waals surface area contributed by atoms with Crippen LogP contribution in [0.5, 0.6) is 5.75 Å². The molecule has 2 amide bonds. The fourth-order valence-corrected chi connectivity index (χ4v) is 3.43. The molecule has 0 atom stereocenters. The Morgan fingerprint density at radius 2 is 1.76 bits per heavy atom. The largest absolute Gasteiger partial charge is 0.497 e. The van der Waals surface area contributed by atoms with Crippen LogP contribution in [0.4, 0.5) is 5.69 Å². The van der Waals surface area contributed by atoms with Crippen LogP contribution in [-0.4, -0.2) is 61.4 Å². The Labute approximate surface area is 172 Å². The van der Waals surface area contributed by atoms with Gasteiger partial charge in [-0.15, -0.1) is 0 Å². The van der Waals surface area contributed by atoms with Gasteiger partial charge in [-0.2, -0.15) is 0 Å². The first-order valence-corrected chi connectivity index (χ1v) is 10.0. The minimum Gasteiger partial charge on any atom is -0.497 e. The lowest BCUT2D eigenvalue weighted by Gasteiger charge is -2.34. The number of anilines is 1. The number of amides is 2. The second kappa shape index (κ2) is 10.1. The van der Waals surface area contributed by atoms with Gasteiger partial charge in [0.25, 0.3) is 0 Å². The molecule has 6 heteroatoms. The number of hydrogen-bond donors (Lipinski definition) is 1. The lowest BCUT2D eigenvalue weighted by atomic mass is 10.1. The van der Waals surface area contributed by atoms with Gasteiger partial charge < -0.3 is 15.0 Å². The summed E-state index contributed by atoms with van der Waals surface area (Å²) in [6, 6.07) is 15.6. The molecule has 1 fully saturated rings. The molecule has 3 rings (SSSR count). The fourth-order valence-electron chi connectivity index (χ4n) is 3.43. The highest BCUT2D eigenvalue weighted by Crippen LogP contribution is 2.15. The number of rotatable bonds is 7. The van der Waals surface area contributed by atoms with E-state index in [1.165, 1.54) is 0 Å². The molecule has 154 valence electrons. The molecule has 0 bridgehead atoms. The number of benzene rings is 2. The first kappa shape index (κ1) is 20.9. The average molecular weight is 396 g/mol. The van der Waals surface area contributed by atoms with Crippen molar-refractivity contribution in [2.24, 2.45) is 0 Å². The maximum atomic E-state index is 12.5. The number of hydrogen-bond acceptors (Lipinski definition) is 4. The summed E-state index contributed by atoms with van der Waals surface area (Å²) in [5.41, 5.74) is 3.08. The van der Waals surface area contributed by atoms with Gasteiger partial charge in [-0.1, -0.05) is 29.8 Å². The zero-order chi connectivity index (χ0) is 20.6. The topological polar surface area (TPSA) is 61.9 Å². The Morgan fingerprint density at radius 1 is 1.03 bits per heavy atom. The summed E-state index contributed by atoms with van der Waals surface area (Å²) in [6.45, 7) is 5.12. The van der Waals surface area contributed by atoms with E-state index >= 15 is 0 Å². The van der Waals surface area contributed by atoms with Crippen molar-refractivity contribution in [3.8, 4) is 5.75 Å². The first-order valence-electron chi connectivity index (χ1n) is 10.0. The number of carbonyl (C=O) groups is 2. The van der Waals surface area contributed by atoms with Crippen LogP contribution in [0.25, 0.3) is 0 Å². The summed E-state index contributed by atoms with van der Waals surface area (Å²) in [6.07, 6.45) is 1.19. The van der Waals surface area contributed by atoms with Gasteiger partial charge in [0.1, 0.15) is 5.75 Å². The molecule has 0 aromatic heterocycles. The molecule has 1 aliphatic heterocycles. The third-order valence-electron chi connectivity index (χ3n) is 5.19. The molecule has 1 heterocycles. The molecule has 6 nitrogen and oxygen atoms in total. The molecule has 0 unspecified atom stereocenters. The van der Waals surface area contributed by atoms with Crippen molar-refractivity contribution in [1.29, 1.82) is 0 Å². The number of nitrogens with one attached hydrogen (secondary N) is 1. The van der Waals surface area contributed by atoms with Crippen molar-refractivity contribution < 1.29 is 14.3 Å². The first-order chi connectivity index (χ1) is 14.0. The molecule has 0 radical (unpaired) electrons. The molecule has 1 N–H and O–H groups in total. The zero-order valence-corrected chi connectivity index (χ0v) is 17.2. The Balaban J connectivity index is 1.39. The van der Waals surface area contributed by atoms with E-state index in [9.17, 15) is 9.59 Å². The predicted molar refractivity (Wildman–Crippen MR) is 114 cm³/mol. The summed E-state index contributed by atoms with van der Waals surface area (Å²) in [4.78, 5) is 28.8. The number of piperazine rings is 1. The zero-order valence-electron chi connectivity index (χ0n) is 17.2. The molecular weight excluding hydrogens is 366 g/mol. The van der Waals surface area contributed by atoms with E-state index in [1.54, 1.807) is 7.11 Å². The van der Waals surface area contributed by atoms with Crippen LogP contribution in [0.15, 0.2) is 48.5 Å². The van der Waals surface area contributed by atoms with Gasteiger partial charge in [-0.05, 0) is 43.2 Å². The summed E-state index contributed by atoms with van der Waals surface area (Å²) < 4.78 is 5.23. The standard InChI is InChI=1S/C23H29N3O3/c1-18-6-9-20(10-7-18)24-22(27)17-25-12-14-26(15-13-25)23(28)11-8-19-4-3-5-21(16-19)29-2/h3-7,9-10,16H,8,11-15,17H2,1-2H3,(H,24,27). The van der Waals surface area contributed by atoms with E-state index in [0.29, 0.717) is 45.6 Å². The molecule has 0 saturated carbocycles. The monoisotopic (exact) mass is 395 g/mol. The summed E-state index contributed by atoms with van der Waals surface area (Å²) >= 11 is 0. The molecule has 1 aliphatic rings. The second-order valence-electron chi connectivity index (χ2n) is 7.42. The third-order valence-corrected chi connectivity index (χ3v) is 5.19. The summed E-state index contributed by atoms with van der Waals surface area (Å²) in [5, 5.41) is 2.93. The molecule has 2 aromatic carbocycles. The van der Waals surface area contributed by atoms with Crippen LogP contribution >= 0.6 is 0 Å². The van der Waals surface area contributed by atoms with Crippen molar-refractivity contribution in [1.82, 2.24) is 9.80 Å². The van der Waals surface area contributed by atoms with Gasteiger partial charge in [0.2, 0.25) is 11.8 Å². The molecule has 2 aromatic rings. The number of aryl methyl sites for hydroxylation is 2. The van der Waals surface area contributed by atoms with Crippen molar-refractivity contribution in [3.63, 3.8) is 0 Å². The molecule has 1 saturated heterocycles.